The Hall–Kier alpha value is -4.05. The van der Waals surface area contributed by atoms with E-state index < -0.39 is 11.7 Å². The first kappa shape index (κ1) is 25.6. The fourth-order valence-electron chi connectivity index (χ4n) is 5.04. The van der Waals surface area contributed by atoms with Gasteiger partial charge in [0.1, 0.15) is 17.2 Å². The Morgan fingerprint density at radius 1 is 1.13 bits per heavy atom. The molecule has 198 valence electrons. The van der Waals surface area contributed by atoms with Crippen molar-refractivity contribution in [3.8, 4) is 11.1 Å². The van der Waals surface area contributed by atoms with E-state index in [4.69, 9.17) is 0 Å². The molecule has 38 heavy (non-hydrogen) atoms. The molecule has 9 nitrogen and oxygen atoms in total. The van der Waals surface area contributed by atoms with E-state index >= 15 is 0 Å². The molecule has 1 atom stereocenters. The minimum atomic E-state index is -0.624. The molecule has 1 aliphatic rings. The van der Waals surface area contributed by atoms with Gasteiger partial charge in [0, 0.05) is 50.2 Å². The molecule has 0 radical (unpaired) electrons. The largest absolute Gasteiger partial charge is 0.351 e. The molecule has 2 N–H and O–H groups in total. The summed E-state index contributed by atoms with van der Waals surface area (Å²) < 4.78 is 17.9. The summed E-state index contributed by atoms with van der Waals surface area (Å²) in [4.78, 5) is 32.4. The van der Waals surface area contributed by atoms with E-state index in [0.717, 1.165) is 36.7 Å². The standard InChI is InChI=1S/C28H32FN7O2/c1-3-4-19-7-10-35(17-19)12-9-30-27(37)21-5-6-23(29)24(13-21)33-28(38)25-16-31-26-14-20(8-11-36(25)26)22-15-32-34(2)18-22/h5-6,8,11,13-16,18-19H,3-4,7,9-10,12,17H2,1-2H3,(H,30,37)(H,33,38). The molecule has 4 aromatic rings. The molecule has 0 aliphatic carbocycles. The number of hydrogen-bond acceptors (Lipinski definition) is 5. The maximum Gasteiger partial charge on any atom is 0.274 e. The summed E-state index contributed by atoms with van der Waals surface area (Å²) in [5.41, 5.74) is 2.89. The number of rotatable bonds is 9. The molecular weight excluding hydrogens is 485 g/mol. The van der Waals surface area contributed by atoms with Crippen molar-refractivity contribution in [3.05, 3.63) is 72.2 Å². The predicted octanol–water partition coefficient (Wildman–Crippen LogP) is 3.98. The molecular formula is C28H32FN7O2. The van der Waals surface area contributed by atoms with Gasteiger partial charge in [0.2, 0.25) is 0 Å². The van der Waals surface area contributed by atoms with Crippen LogP contribution in [0.1, 0.15) is 47.0 Å². The number of aryl methyl sites for hydroxylation is 1. The highest BCUT2D eigenvalue weighted by Gasteiger charge is 2.21. The van der Waals surface area contributed by atoms with Crippen LogP contribution in [0.4, 0.5) is 10.1 Å². The van der Waals surface area contributed by atoms with E-state index in [2.05, 4.69) is 32.5 Å². The monoisotopic (exact) mass is 517 g/mol. The van der Waals surface area contributed by atoms with Crippen molar-refractivity contribution in [2.75, 3.05) is 31.5 Å². The molecule has 3 aromatic heterocycles. The Morgan fingerprint density at radius 2 is 2.00 bits per heavy atom. The average molecular weight is 518 g/mol. The van der Waals surface area contributed by atoms with Crippen LogP contribution >= 0.6 is 0 Å². The van der Waals surface area contributed by atoms with Gasteiger partial charge < -0.3 is 15.5 Å². The maximum absolute atomic E-state index is 14.6. The second-order valence-corrected chi connectivity index (χ2v) is 9.84. The Bertz CT molecular complexity index is 1460. The Morgan fingerprint density at radius 3 is 2.79 bits per heavy atom. The smallest absolute Gasteiger partial charge is 0.274 e. The normalized spacial score (nSPS) is 15.7. The highest BCUT2D eigenvalue weighted by molar-refractivity contribution is 6.04. The van der Waals surface area contributed by atoms with Crippen molar-refractivity contribution in [2.45, 2.75) is 26.2 Å². The summed E-state index contributed by atoms with van der Waals surface area (Å²) in [6, 6.07) is 7.68. The lowest BCUT2D eigenvalue weighted by atomic mass is 10.0. The maximum atomic E-state index is 14.6. The summed E-state index contributed by atoms with van der Waals surface area (Å²) in [5.74, 6) is -0.710. The molecule has 0 saturated carbocycles. The third-order valence-corrected chi connectivity index (χ3v) is 7.04. The van der Waals surface area contributed by atoms with Crippen LogP contribution in [0.5, 0.6) is 0 Å². The third kappa shape index (κ3) is 5.60. The molecule has 0 spiro atoms. The number of anilines is 1. The number of nitrogens with zero attached hydrogens (tertiary/aromatic N) is 5. The van der Waals surface area contributed by atoms with Gasteiger partial charge in [0.05, 0.1) is 18.1 Å². The predicted molar refractivity (Wildman–Crippen MR) is 144 cm³/mol. The number of carbonyl (C=O) groups excluding carboxylic acids is 2. The van der Waals surface area contributed by atoms with E-state index in [1.807, 2.05) is 25.4 Å². The van der Waals surface area contributed by atoms with Crippen LogP contribution in [-0.2, 0) is 7.05 Å². The van der Waals surface area contributed by atoms with Crippen LogP contribution in [0.2, 0.25) is 0 Å². The second-order valence-electron chi connectivity index (χ2n) is 9.84. The first-order valence-corrected chi connectivity index (χ1v) is 13.0. The van der Waals surface area contributed by atoms with E-state index in [0.29, 0.717) is 12.2 Å². The number of aromatic nitrogens is 4. The number of halogens is 1. The van der Waals surface area contributed by atoms with Gasteiger partial charge in [0.15, 0.2) is 0 Å². The average Bonchev–Trinajstić information content (AvgIpc) is 3.65. The third-order valence-electron chi connectivity index (χ3n) is 7.04. The van der Waals surface area contributed by atoms with Gasteiger partial charge in [-0.25, -0.2) is 9.37 Å². The molecule has 1 unspecified atom stereocenters. The van der Waals surface area contributed by atoms with Crippen molar-refractivity contribution >= 4 is 23.1 Å². The number of pyridine rings is 1. The minimum absolute atomic E-state index is 0.0634. The fourth-order valence-corrected chi connectivity index (χ4v) is 5.04. The van der Waals surface area contributed by atoms with Gasteiger partial charge in [-0.05, 0) is 61.2 Å². The SMILES string of the molecule is CCCC1CCN(CCNC(=O)c2ccc(F)c(NC(=O)c3cnc4cc(-c5cnn(C)c5)ccn34)c2)C1. The number of carbonyl (C=O) groups is 2. The zero-order valence-corrected chi connectivity index (χ0v) is 21.7. The van der Waals surface area contributed by atoms with Crippen molar-refractivity contribution in [2.24, 2.45) is 13.0 Å². The van der Waals surface area contributed by atoms with Crippen LogP contribution < -0.4 is 10.6 Å². The van der Waals surface area contributed by atoms with Crippen LogP contribution in [0, 0.1) is 11.7 Å². The molecule has 1 saturated heterocycles. The number of imidazole rings is 1. The Labute approximate surface area is 220 Å². The van der Waals surface area contributed by atoms with Crippen molar-refractivity contribution < 1.29 is 14.0 Å². The first-order valence-electron chi connectivity index (χ1n) is 13.0. The van der Waals surface area contributed by atoms with Crippen LogP contribution in [0.25, 0.3) is 16.8 Å². The number of benzene rings is 1. The van der Waals surface area contributed by atoms with Gasteiger partial charge in [-0.2, -0.15) is 5.10 Å². The van der Waals surface area contributed by atoms with E-state index in [1.54, 1.807) is 21.5 Å². The lowest BCUT2D eigenvalue weighted by Gasteiger charge is -2.16. The molecule has 0 bridgehead atoms. The molecule has 5 rings (SSSR count). The lowest BCUT2D eigenvalue weighted by molar-refractivity contribution is 0.0948. The summed E-state index contributed by atoms with van der Waals surface area (Å²) in [7, 11) is 1.84. The van der Waals surface area contributed by atoms with Crippen molar-refractivity contribution in [1.29, 1.82) is 0 Å². The highest BCUT2D eigenvalue weighted by atomic mass is 19.1. The van der Waals surface area contributed by atoms with Crippen LogP contribution in [0.3, 0.4) is 0 Å². The molecule has 1 aromatic carbocycles. The first-order chi connectivity index (χ1) is 18.4. The second kappa shape index (κ2) is 11.1. The van der Waals surface area contributed by atoms with Gasteiger partial charge in [-0.1, -0.05) is 13.3 Å². The minimum Gasteiger partial charge on any atom is -0.351 e. The summed E-state index contributed by atoms with van der Waals surface area (Å²) in [6.45, 7) is 5.64. The number of hydrogen-bond donors (Lipinski definition) is 2. The van der Waals surface area contributed by atoms with Crippen LogP contribution in [0.15, 0.2) is 55.1 Å². The Kier molecular flexibility index (Phi) is 7.50. The number of amides is 2. The summed E-state index contributed by atoms with van der Waals surface area (Å²) in [5, 5.41) is 9.68. The topological polar surface area (TPSA) is 96.6 Å². The number of likely N-dealkylation sites (tertiary alicyclic amines) is 1. The summed E-state index contributed by atoms with van der Waals surface area (Å²) >= 11 is 0. The lowest BCUT2D eigenvalue weighted by Crippen LogP contribution is -2.34. The van der Waals surface area contributed by atoms with Crippen LogP contribution in [-0.4, -0.2) is 62.1 Å². The molecule has 1 fully saturated rings. The quantitative estimate of drug-likeness (QED) is 0.350. The highest BCUT2D eigenvalue weighted by Crippen LogP contribution is 2.23. The van der Waals surface area contributed by atoms with E-state index in [1.165, 1.54) is 43.7 Å². The van der Waals surface area contributed by atoms with Gasteiger partial charge >= 0.3 is 0 Å². The molecule has 2 amide bonds. The number of nitrogens with one attached hydrogen (secondary N) is 2. The van der Waals surface area contributed by atoms with Crippen molar-refractivity contribution in [1.82, 2.24) is 29.4 Å². The van der Waals surface area contributed by atoms with Gasteiger partial charge in [-0.15, -0.1) is 0 Å². The van der Waals surface area contributed by atoms with Gasteiger partial charge in [0.25, 0.3) is 11.8 Å². The Balaban J connectivity index is 1.22. The molecule has 10 heteroatoms. The van der Waals surface area contributed by atoms with E-state index in [-0.39, 0.29) is 22.9 Å². The molecule has 1 aliphatic heterocycles. The zero-order valence-electron chi connectivity index (χ0n) is 21.7. The van der Waals surface area contributed by atoms with E-state index in [9.17, 15) is 14.0 Å². The fraction of sp³-hybridized carbons (Fsp3) is 0.357. The van der Waals surface area contributed by atoms with Gasteiger partial charge in [-0.3, -0.25) is 18.7 Å². The summed E-state index contributed by atoms with van der Waals surface area (Å²) in [6.07, 6.45) is 10.5. The molecule has 4 heterocycles. The zero-order chi connectivity index (χ0) is 26.6. The van der Waals surface area contributed by atoms with Crippen molar-refractivity contribution in [3.63, 3.8) is 0 Å². The number of fused-ring (bicyclic) bond motifs is 1.